The lowest BCUT2D eigenvalue weighted by atomic mass is 9.79. The van der Waals surface area contributed by atoms with Gasteiger partial charge in [-0.25, -0.2) is 0 Å². The molecule has 3 unspecified atom stereocenters. The molecule has 3 aliphatic carbocycles. The molecular formula is C15H19N. The molecule has 1 heterocycles. The Labute approximate surface area is 97.3 Å². The first-order chi connectivity index (χ1) is 7.88. The van der Waals surface area contributed by atoms with Crippen LogP contribution in [-0.2, 0) is 19.3 Å². The number of hydrogen-bond acceptors (Lipinski definition) is 1. The summed E-state index contributed by atoms with van der Waals surface area (Å²) < 4.78 is 0. The molecule has 1 aromatic rings. The van der Waals surface area contributed by atoms with Gasteiger partial charge < -0.3 is 0 Å². The summed E-state index contributed by atoms with van der Waals surface area (Å²) in [7, 11) is 0. The molecule has 0 N–H and O–H groups in total. The summed E-state index contributed by atoms with van der Waals surface area (Å²) in [5, 5.41) is 0. The lowest BCUT2D eigenvalue weighted by molar-refractivity contribution is 0.339. The molecule has 0 bridgehead atoms. The Morgan fingerprint density at radius 3 is 2.94 bits per heavy atom. The Hall–Kier alpha value is -0.850. The number of rotatable bonds is 2. The van der Waals surface area contributed by atoms with Gasteiger partial charge in [-0.15, -0.1) is 0 Å². The molecule has 3 atom stereocenters. The fourth-order valence-electron chi connectivity index (χ4n) is 3.92. The number of aromatic nitrogens is 1. The van der Waals surface area contributed by atoms with Crippen molar-refractivity contribution in [2.45, 2.75) is 39.0 Å². The van der Waals surface area contributed by atoms with Gasteiger partial charge in [0.25, 0.3) is 0 Å². The lowest BCUT2D eigenvalue weighted by Gasteiger charge is -2.27. The Kier molecular flexibility index (Phi) is 1.78. The van der Waals surface area contributed by atoms with Crippen LogP contribution in [0.1, 0.15) is 36.6 Å². The van der Waals surface area contributed by atoms with E-state index in [9.17, 15) is 0 Å². The number of fused-ring (bicyclic) bond motifs is 2. The molecule has 0 radical (unpaired) electrons. The van der Waals surface area contributed by atoms with Crippen molar-refractivity contribution in [3.8, 4) is 0 Å². The smallest absolute Gasteiger partial charge is 0.0438 e. The molecule has 0 amide bonds. The second kappa shape index (κ2) is 3.09. The van der Waals surface area contributed by atoms with Crippen LogP contribution in [-0.4, -0.2) is 4.98 Å². The zero-order valence-electron chi connectivity index (χ0n) is 9.95. The number of nitrogens with zero attached hydrogens (tertiary/aromatic N) is 1. The largest absolute Gasteiger partial charge is 0.261 e. The highest BCUT2D eigenvalue weighted by atomic mass is 14.7. The van der Waals surface area contributed by atoms with Crippen molar-refractivity contribution >= 4 is 0 Å². The minimum Gasteiger partial charge on any atom is -0.261 e. The molecule has 1 nitrogen and oxygen atoms in total. The van der Waals surface area contributed by atoms with Gasteiger partial charge in [-0.05, 0) is 73.0 Å². The van der Waals surface area contributed by atoms with Gasteiger partial charge in [0.2, 0.25) is 0 Å². The van der Waals surface area contributed by atoms with Crippen LogP contribution in [0.2, 0.25) is 0 Å². The molecule has 0 saturated heterocycles. The molecule has 0 aromatic carbocycles. The summed E-state index contributed by atoms with van der Waals surface area (Å²) in [6.45, 7) is 2.27. The molecule has 84 valence electrons. The summed E-state index contributed by atoms with van der Waals surface area (Å²) in [4.78, 5) is 4.57. The third kappa shape index (κ3) is 1.20. The van der Waals surface area contributed by atoms with Gasteiger partial charge in [0.05, 0.1) is 0 Å². The summed E-state index contributed by atoms with van der Waals surface area (Å²) in [5.41, 5.74) is 4.58. The van der Waals surface area contributed by atoms with E-state index in [1.165, 1.54) is 31.4 Å². The summed E-state index contributed by atoms with van der Waals surface area (Å²) in [5.74, 6) is 4.45. The van der Waals surface area contributed by atoms with E-state index in [0.717, 1.165) is 23.7 Å². The van der Waals surface area contributed by atoms with Gasteiger partial charge in [0, 0.05) is 11.9 Å². The SMILES string of the molecule is CCc1ccnc2c1CC(C1C3CC31)CC2. The van der Waals surface area contributed by atoms with Gasteiger partial charge in [0.15, 0.2) is 0 Å². The number of aryl methyl sites for hydroxylation is 2. The topological polar surface area (TPSA) is 12.9 Å². The summed E-state index contributed by atoms with van der Waals surface area (Å²) >= 11 is 0. The highest BCUT2D eigenvalue weighted by molar-refractivity contribution is 5.33. The zero-order chi connectivity index (χ0) is 10.7. The quantitative estimate of drug-likeness (QED) is 0.736. The van der Waals surface area contributed by atoms with E-state index in [1.807, 2.05) is 6.20 Å². The minimum atomic E-state index is 1.01. The van der Waals surface area contributed by atoms with Crippen LogP contribution in [0.5, 0.6) is 0 Å². The highest BCUT2D eigenvalue weighted by Gasteiger charge is 2.66. The highest BCUT2D eigenvalue weighted by Crippen LogP contribution is 2.72. The lowest BCUT2D eigenvalue weighted by Crippen LogP contribution is -2.21. The Morgan fingerprint density at radius 1 is 1.38 bits per heavy atom. The molecule has 4 rings (SSSR count). The Balaban J connectivity index is 1.63. The van der Waals surface area contributed by atoms with Crippen LogP contribution in [0.15, 0.2) is 12.3 Å². The Morgan fingerprint density at radius 2 is 2.25 bits per heavy atom. The van der Waals surface area contributed by atoms with E-state index in [1.54, 1.807) is 17.5 Å². The van der Waals surface area contributed by atoms with Crippen LogP contribution in [0, 0.1) is 23.7 Å². The van der Waals surface area contributed by atoms with Crippen LogP contribution in [0.4, 0.5) is 0 Å². The molecule has 1 aromatic heterocycles. The molecule has 0 spiro atoms. The third-order valence-electron chi connectivity index (χ3n) is 5.12. The maximum Gasteiger partial charge on any atom is 0.0438 e. The molecule has 2 saturated carbocycles. The minimum absolute atomic E-state index is 1.01. The predicted molar refractivity (Wildman–Crippen MR) is 64.2 cm³/mol. The first-order valence-electron chi connectivity index (χ1n) is 6.84. The molecular weight excluding hydrogens is 194 g/mol. The van der Waals surface area contributed by atoms with Crippen molar-refractivity contribution in [3.05, 3.63) is 29.1 Å². The van der Waals surface area contributed by atoms with E-state index in [4.69, 9.17) is 0 Å². The van der Waals surface area contributed by atoms with Crippen molar-refractivity contribution < 1.29 is 0 Å². The third-order valence-corrected chi connectivity index (χ3v) is 5.12. The van der Waals surface area contributed by atoms with Gasteiger partial charge >= 0.3 is 0 Å². The predicted octanol–water partition coefficient (Wildman–Crippen LogP) is 3.01. The summed E-state index contributed by atoms with van der Waals surface area (Å²) in [6, 6.07) is 2.23. The second-order valence-corrected chi connectivity index (χ2v) is 5.89. The summed E-state index contributed by atoms with van der Waals surface area (Å²) in [6.07, 6.45) is 8.72. The maximum absolute atomic E-state index is 4.57. The average Bonchev–Trinajstić information content (AvgIpc) is 3.18. The van der Waals surface area contributed by atoms with Crippen molar-refractivity contribution in [2.75, 3.05) is 0 Å². The van der Waals surface area contributed by atoms with E-state index >= 15 is 0 Å². The second-order valence-electron chi connectivity index (χ2n) is 5.89. The van der Waals surface area contributed by atoms with Crippen molar-refractivity contribution in [1.82, 2.24) is 4.98 Å². The first-order valence-corrected chi connectivity index (χ1v) is 6.84. The molecule has 0 aliphatic heterocycles. The standard InChI is InChI=1S/C15H19N/c1-2-9-5-6-16-14-4-3-10(7-11(9)14)15-12-8-13(12)15/h5-6,10,12-13,15H,2-4,7-8H2,1H3. The Bertz CT molecular complexity index is 415. The molecule has 16 heavy (non-hydrogen) atoms. The number of hydrogen-bond donors (Lipinski definition) is 0. The average molecular weight is 213 g/mol. The van der Waals surface area contributed by atoms with Crippen molar-refractivity contribution in [3.63, 3.8) is 0 Å². The first kappa shape index (κ1) is 9.21. The maximum atomic E-state index is 4.57. The van der Waals surface area contributed by atoms with Gasteiger partial charge in [-0.1, -0.05) is 6.92 Å². The molecule has 2 fully saturated rings. The van der Waals surface area contributed by atoms with E-state index in [2.05, 4.69) is 18.0 Å². The van der Waals surface area contributed by atoms with Crippen LogP contribution >= 0.6 is 0 Å². The fraction of sp³-hybridized carbons (Fsp3) is 0.667. The van der Waals surface area contributed by atoms with Crippen LogP contribution in [0.3, 0.4) is 0 Å². The van der Waals surface area contributed by atoms with Gasteiger partial charge in [0.1, 0.15) is 0 Å². The number of pyridine rings is 1. The van der Waals surface area contributed by atoms with Crippen LogP contribution < -0.4 is 0 Å². The molecule has 1 heteroatoms. The van der Waals surface area contributed by atoms with Gasteiger partial charge in [-0.2, -0.15) is 0 Å². The van der Waals surface area contributed by atoms with E-state index in [-0.39, 0.29) is 0 Å². The monoisotopic (exact) mass is 213 g/mol. The fourth-order valence-corrected chi connectivity index (χ4v) is 3.92. The van der Waals surface area contributed by atoms with Gasteiger partial charge in [-0.3, -0.25) is 4.98 Å². The van der Waals surface area contributed by atoms with E-state index < -0.39 is 0 Å². The van der Waals surface area contributed by atoms with Crippen LogP contribution in [0.25, 0.3) is 0 Å². The van der Waals surface area contributed by atoms with Crippen molar-refractivity contribution in [1.29, 1.82) is 0 Å². The van der Waals surface area contributed by atoms with Crippen molar-refractivity contribution in [2.24, 2.45) is 23.7 Å². The normalized spacial score (nSPS) is 38.8. The molecule has 3 aliphatic rings. The van der Waals surface area contributed by atoms with E-state index in [0.29, 0.717) is 0 Å². The zero-order valence-corrected chi connectivity index (χ0v) is 9.95.